The molecule has 2 aliphatic heterocycles. The lowest BCUT2D eigenvalue weighted by atomic mass is 9.84. The van der Waals surface area contributed by atoms with Gasteiger partial charge in [-0.05, 0) is 71.9 Å². The second kappa shape index (κ2) is 26.1. The first-order chi connectivity index (χ1) is 26.8. The number of aliphatic hydroxyl groups excluding tert-OH is 2. The molecule has 14 heteroatoms. The van der Waals surface area contributed by atoms with E-state index in [2.05, 4.69) is 62.6 Å². The molecule has 0 amide bonds. The summed E-state index contributed by atoms with van der Waals surface area (Å²) in [6, 6.07) is 13.0. The third-order valence-corrected chi connectivity index (χ3v) is 9.92. The zero-order chi connectivity index (χ0) is 41.6. The van der Waals surface area contributed by atoms with Crippen LogP contribution in [0.25, 0.3) is 0 Å². The summed E-state index contributed by atoms with van der Waals surface area (Å²) in [5.41, 5.74) is 2.37. The van der Waals surface area contributed by atoms with Crippen LogP contribution < -0.4 is 29.6 Å². The summed E-state index contributed by atoms with van der Waals surface area (Å²) in [7, 11) is 6.69. The van der Waals surface area contributed by atoms with Gasteiger partial charge in [-0.15, -0.1) is 0 Å². The second-order valence-corrected chi connectivity index (χ2v) is 14.6. The first kappa shape index (κ1) is 48.2. The van der Waals surface area contributed by atoms with E-state index in [9.17, 15) is 19.8 Å². The van der Waals surface area contributed by atoms with Gasteiger partial charge in [0.25, 0.3) is 0 Å². The van der Waals surface area contributed by atoms with Crippen LogP contribution in [0.5, 0.6) is 23.0 Å². The number of benzene rings is 2. The van der Waals surface area contributed by atoms with Crippen molar-refractivity contribution in [1.82, 2.24) is 10.6 Å². The number of aliphatic carboxylic acids is 2. The molecule has 4 rings (SSSR count). The quantitative estimate of drug-likeness (QED) is 0.0751. The minimum absolute atomic E-state index is 0.163. The Morgan fingerprint density at radius 2 is 1.02 bits per heavy atom. The van der Waals surface area contributed by atoms with E-state index in [0.29, 0.717) is 62.3 Å². The number of rotatable bonds is 20. The zero-order valence-electron chi connectivity index (χ0n) is 34.4. The van der Waals surface area contributed by atoms with Crippen molar-refractivity contribution in [2.45, 2.75) is 77.5 Å². The maximum atomic E-state index is 9.55. The number of carbonyl (C=O) groups is 2. The van der Waals surface area contributed by atoms with Crippen LogP contribution in [-0.4, -0.2) is 113 Å². The minimum atomic E-state index is -1.26. The van der Waals surface area contributed by atoms with Crippen molar-refractivity contribution in [2.75, 3.05) is 68.1 Å². The molecule has 316 valence electrons. The van der Waals surface area contributed by atoms with Crippen LogP contribution in [0.1, 0.15) is 76.6 Å². The van der Waals surface area contributed by atoms with Crippen molar-refractivity contribution in [3.05, 3.63) is 59.7 Å². The normalized spacial score (nSPS) is 21.6. The summed E-state index contributed by atoms with van der Waals surface area (Å²) < 4.78 is 32.8. The first-order valence-electron chi connectivity index (χ1n) is 19.3. The van der Waals surface area contributed by atoms with E-state index in [1.807, 2.05) is 12.1 Å². The standard InChI is InChI=1S/2C19H31NO4.C4H4O4/c2*1-13(2)16-11-15(12-21)20-19(16)14-6-7-17(23-4)18(10-14)24-9-5-8-22-3;5-3(6)1-2-4(7)8/h2*6-7,10,13,15-16,19-21H,5,8-9,11-12H2,1-4H3;1-2H,(H,5,6)(H,7,8)/b;;2-1-/t2*15-,16-,19-;/m00./s1. The van der Waals surface area contributed by atoms with E-state index >= 15 is 0 Å². The van der Waals surface area contributed by atoms with Gasteiger partial charge in [0.1, 0.15) is 0 Å². The molecule has 0 aliphatic carbocycles. The average molecular weight is 791 g/mol. The van der Waals surface area contributed by atoms with Gasteiger partial charge in [-0.1, -0.05) is 39.8 Å². The fourth-order valence-electron chi connectivity index (χ4n) is 6.99. The van der Waals surface area contributed by atoms with Gasteiger partial charge in [0.05, 0.1) is 40.6 Å². The molecule has 14 nitrogen and oxygen atoms in total. The number of ether oxygens (including phenoxy) is 6. The van der Waals surface area contributed by atoms with E-state index in [1.165, 1.54) is 11.1 Å². The Morgan fingerprint density at radius 3 is 1.30 bits per heavy atom. The lowest BCUT2D eigenvalue weighted by Gasteiger charge is -2.24. The Labute approximate surface area is 332 Å². The van der Waals surface area contributed by atoms with Crippen molar-refractivity contribution >= 4 is 11.9 Å². The number of hydrogen-bond donors (Lipinski definition) is 6. The van der Waals surface area contributed by atoms with Gasteiger partial charge < -0.3 is 59.5 Å². The number of nitrogens with one attached hydrogen (secondary N) is 2. The minimum Gasteiger partial charge on any atom is -0.493 e. The molecule has 2 fully saturated rings. The van der Waals surface area contributed by atoms with Crippen LogP contribution >= 0.6 is 0 Å². The summed E-state index contributed by atoms with van der Waals surface area (Å²) in [5, 5.41) is 41.8. The Balaban J connectivity index is 0.000000325. The molecule has 2 saturated heterocycles. The van der Waals surface area contributed by atoms with Gasteiger partial charge in [-0.3, -0.25) is 0 Å². The Bertz CT molecular complexity index is 1360. The molecule has 2 aromatic rings. The Kier molecular flexibility index (Phi) is 22.5. The number of carboxylic acid groups (broad SMARTS) is 2. The van der Waals surface area contributed by atoms with Crippen LogP contribution in [-0.2, 0) is 19.1 Å². The molecule has 6 N–H and O–H groups in total. The van der Waals surface area contributed by atoms with E-state index in [0.717, 1.165) is 48.7 Å². The van der Waals surface area contributed by atoms with Crippen LogP contribution in [0.2, 0.25) is 0 Å². The van der Waals surface area contributed by atoms with E-state index in [4.69, 9.17) is 38.6 Å². The Hall–Kier alpha value is -3.92. The molecule has 2 aromatic carbocycles. The number of methoxy groups -OCH3 is 4. The molecule has 56 heavy (non-hydrogen) atoms. The summed E-state index contributed by atoms with van der Waals surface area (Å²) >= 11 is 0. The molecule has 6 atom stereocenters. The summed E-state index contributed by atoms with van der Waals surface area (Å²) in [6.07, 6.45) is 4.79. The highest BCUT2D eigenvalue weighted by molar-refractivity contribution is 5.89. The average Bonchev–Trinajstić information content (AvgIpc) is 3.84. The topological polar surface area (TPSA) is 194 Å². The molecule has 0 unspecified atom stereocenters. The fourth-order valence-corrected chi connectivity index (χ4v) is 6.99. The number of aliphatic hydroxyl groups is 2. The third kappa shape index (κ3) is 15.9. The van der Waals surface area contributed by atoms with Crippen molar-refractivity contribution in [3.63, 3.8) is 0 Å². The third-order valence-electron chi connectivity index (χ3n) is 9.92. The summed E-state index contributed by atoms with van der Waals surface area (Å²) in [4.78, 5) is 19.1. The number of carboxylic acids is 2. The van der Waals surface area contributed by atoms with Gasteiger partial charge in [-0.2, -0.15) is 0 Å². The maximum Gasteiger partial charge on any atom is 0.328 e. The van der Waals surface area contributed by atoms with Crippen molar-refractivity contribution in [3.8, 4) is 23.0 Å². The van der Waals surface area contributed by atoms with Crippen LogP contribution in [0.15, 0.2) is 48.6 Å². The molecule has 0 bridgehead atoms. The zero-order valence-corrected chi connectivity index (χ0v) is 34.4. The maximum absolute atomic E-state index is 9.55. The lowest BCUT2D eigenvalue weighted by molar-refractivity contribution is -0.134. The highest BCUT2D eigenvalue weighted by Gasteiger charge is 2.37. The summed E-state index contributed by atoms with van der Waals surface area (Å²) in [5.74, 6) is 2.60. The van der Waals surface area contributed by atoms with E-state index in [1.54, 1.807) is 28.4 Å². The largest absolute Gasteiger partial charge is 0.493 e. The van der Waals surface area contributed by atoms with Crippen LogP contribution in [0.4, 0.5) is 0 Å². The van der Waals surface area contributed by atoms with Gasteiger partial charge >= 0.3 is 11.9 Å². The molecular weight excluding hydrogens is 724 g/mol. The molecule has 2 aliphatic rings. The predicted octanol–water partition coefficient (Wildman–Crippen LogP) is 5.27. The molecule has 0 spiro atoms. The highest BCUT2D eigenvalue weighted by Crippen LogP contribution is 2.42. The monoisotopic (exact) mass is 790 g/mol. The number of hydrogen-bond acceptors (Lipinski definition) is 12. The van der Waals surface area contributed by atoms with E-state index < -0.39 is 11.9 Å². The highest BCUT2D eigenvalue weighted by atomic mass is 16.5. The van der Waals surface area contributed by atoms with Gasteiger partial charge in [-0.25, -0.2) is 9.59 Å². The van der Waals surface area contributed by atoms with Crippen LogP contribution in [0, 0.1) is 23.7 Å². The Morgan fingerprint density at radius 1 is 0.643 bits per heavy atom. The smallest absolute Gasteiger partial charge is 0.328 e. The van der Waals surface area contributed by atoms with Crippen molar-refractivity contribution in [2.24, 2.45) is 23.7 Å². The SMILES string of the molecule is COCCCOc1cc([C@@H]2N[C@H](CO)C[C@H]2C(C)C)ccc1OC.COCCCOc1cc([C@@H]2N[C@H](CO)C[C@H]2C(C)C)ccc1OC.O=C(O)/C=C\C(=O)O. The molecule has 0 radical (unpaired) electrons. The lowest BCUT2D eigenvalue weighted by Crippen LogP contribution is -2.28. The molecule has 2 heterocycles. The fraction of sp³-hybridized carbons (Fsp3) is 0.619. The van der Waals surface area contributed by atoms with Crippen LogP contribution in [0.3, 0.4) is 0 Å². The molecular formula is C42H66N2O12. The van der Waals surface area contributed by atoms with Crippen molar-refractivity contribution < 1.29 is 58.4 Å². The molecule has 0 aromatic heterocycles. The van der Waals surface area contributed by atoms with Gasteiger partial charge in [0.15, 0.2) is 23.0 Å². The van der Waals surface area contributed by atoms with Crippen molar-refractivity contribution in [1.29, 1.82) is 0 Å². The first-order valence-corrected chi connectivity index (χ1v) is 19.3. The predicted molar refractivity (Wildman–Crippen MR) is 214 cm³/mol. The van der Waals surface area contributed by atoms with Gasteiger partial charge in [0.2, 0.25) is 0 Å². The van der Waals surface area contributed by atoms with E-state index in [-0.39, 0.29) is 37.4 Å². The molecule has 0 saturated carbocycles. The van der Waals surface area contributed by atoms with Gasteiger partial charge in [0, 0.05) is 76.6 Å². The summed E-state index contributed by atoms with van der Waals surface area (Å²) in [6.45, 7) is 11.9. The second-order valence-electron chi connectivity index (χ2n) is 14.6.